The molecule has 20 heavy (non-hydrogen) atoms. The van der Waals surface area contributed by atoms with Crippen molar-refractivity contribution in [3.8, 4) is 11.3 Å². The third kappa shape index (κ3) is 2.42. The van der Waals surface area contributed by atoms with Crippen molar-refractivity contribution in [3.05, 3.63) is 71.7 Å². The minimum Gasteiger partial charge on any atom is -0.282 e. The van der Waals surface area contributed by atoms with E-state index < -0.39 is 11.6 Å². The second-order valence-corrected chi connectivity index (χ2v) is 4.39. The van der Waals surface area contributed by atoms with E-state index >= 15 is 0 Å². The molecular weight excluding hydrogens is 260 g/mol. The summed E-state index contributed by atoms with van der Waals surface area (Å²) in [5.41, 5.74) is 2.31. The second-order valence-electron chi connectivity index (χ2n) is 4.39. The van der Waals surface area contributed by atoms with Crippen LogP contribution in [0.1, 0.15) is 11.3 Å². The van der Waals surface area contributed by atoms with Gasteiger partial charge in [-0.1, -0.05) is 6.07 Å². The van der Waals surface area contributed by atoms with E-state index in [1.165, 1.54) is 18.2 Å². The summed E-state index contributed by atoms with van der Waals surface area (Å²) in [6, 6.07) is 9.27. The van der Waals surface area contributed by atoms with Gasteiger partial charge in [-0.25, -0.2) is 8.78 Å². The summed E-state index contributed by atoms with van der Waals surface area (Å²) >= 11 is 0. The number of hydrogen-bond acceptors (Lipinski definition) is 2. The molecule has 0 amide bonds. The molecule has 3 aromatic rings. The molecule has 2 aromatic heterocycles. The fourth-order valence-corrected chi connectivity index (χ4v) is 2.01. The van der Waals surface area contributed by atoms with Gasteiger partial charge in [0, 0.05) is 35.6 Å². The first-order valence-electron chi connectivity index (χ1n) is 6.11. The molecule has 5 heteroatoms. The molecule has 0 unspecified atom stereocenters. The molecular formula is C15H11F2N3. The Morgan fingerprint density at radius 1 is 1.00 bits per heavy atom. The number of halogens is 2. The summed E-state index contributed by atoms with van der Waals surface area (Å²) in [5, 5.41) is 6.95. The molecule has 1 N–H and O–H groups in total. The van der Waals surface area contributed by atoms with Gasteiger partial charge < -0.3 is 0 Å². The molecule has 0 bridgehead atoms. The van der Waals surface area contributed by atoms with Gasteiger partial charge in [-0.3, -0.25) is 10.1 Å². The van der Waals surface area contributed by atoms with Gasteiger partial charge in [0.25, 0.3) is 0 Å². The van der Waals surface area contributed by atoms with E-state index in [0.29, 0.717) is 5.69 Å². The zero-order valence-corrected chi connectivity index (χ0v) is 10.5. The Morgan fingerprint density at radius 3 is 2.40 bits per heavy atom. The van der Waals surface area contributed by atoms with E-state index in [2.05, 4.69) is 15.2 Å². The summed E-state index contributed by atoms with van der Waals surface area (Å²) in [4.78, 5) is 3.93. The molecule has 0 aliphatic rings. The molecule has 0 radical (unpaired) electrons. The molecule has 0 spiro atoms. The summed E-state index contributed by atoms with van der Waals surface area (Å²) in [7, 11) is 0. The normalized spacial score (nSPS) is 10.7. The van der Waals surface area contributed by atoms with Gasteiger partial charge in [0.2, 0.25) is 0 Å². The maximum atomic E-state index is 13.6. The summed E-state index contributed by atoms with van der Waals surface area (Å²) in [6.07, 6.45) is 3.47. The first kappa shape index (κ1) is 12.5. The van der Waals surface area contributed by atoms with Crippen LogP contribution in [0, 0.1) is 11.6 Å². The third-order valence-electron chi connectivity index (χ3n) is 3.04. The molecule has 0 aliphatic carbocycles. The third-order valence-corrected chi connectivity index (χ3v) is 3.04. The smallest absolute Gasteiger partial charge is 0.129 e. The Bertz CT molecular complexity index is 703. The lowest BCUT2D eigenvalue weighted by Crippen LogP contribution is -1.97. The molecule has 1 aromatic carbocycles. The van der Waals surface area contributed by atoms with E-state index in [4.69, 9.17) is 0 Å². The van der Waals surface area contributed by atoms with Crippen LogP contribution in [0.3, 0.4) is 0 Å². The molecule has 0 atom stereocenters. The standard InChI is InChI=1S/C15H11F2N3/c16-13-2-1-3-14(17)12(13)8-11-9-15(20-19-11)10-4-6-18-7-5-10/h1-7,9H,8H2,(H,19,20). The van der Waals surface area contributed by atoms with Crippen LogP contribution in [0.2, 0.25) is 0 Å². The summed E-state index contributed by atoms with van der Waals surface area (Å²) in [6.45, 7) is 0. The predicted octanol–water partition coefficient (Wildman–Crippen LogP) is 3.34. The van der Waals surface area contributed by atoms with Crippen molar-refractivity contribution in [1.29, 1.82) is 0 Å². The zero-order valence-electron chi connectivity index (χ0n) is 10.5. The van der Waals surface area contributed by atoms with Crippen LogP contribution in [0.4, 0.5) is 8.78 Å². The van der Waals surface area contributed by atoms with E-state index in [1.54, 1.807) is 18.5 Å². The van der Waals surface area contributed by atoms with Crippen LogP contribution in [0.15, 0.2) is 48.8 Å². The van der Waals surface area contributed by atoms with Gasteiger partial charge in [-0.2, -0.15) is 5.10 Å². The highest BCUT2D eigenvalue weighted by Crippen LogP contribution is 2.20. The average molecular weight is 271 g/mol. The Balaban J connectivity index is 1.88. The number of pyridine rings is 1. The first-order chi connectivity index (χ1) is 9.74. The van der Waals surface area contributed by atoms with Crippen molar-refractivity contribution in [3.63, 3.8) is 0 Å². The van der Waals surface area contributed by atoms with Gasteiger partial charge in [0.1, 0.15) is 11.6 Å². The van der Waals surface area contributed by atoms with Crippen molar-refractivity contribution < 1.29 is 8.78 Å². The molecule has 2 heterocycles. The molecule has 0 saturated heterocycles. The Hall–Kier alpha value is -2.56. The first-order valence-corrected chi connectivity index (χ1v) is 6.11. The number of aromatic amines is 1. The number of H-pyrrole nitrogens is 1. The van der Waals surface area contributed by atoms with Crippen molar-refractivity contribution >= 4 is 0 Å². The fourth-order valence-electron chi connectivity index (χ4n) is 2.01. The fraction of sp³-hybridized carbons (Fsp3) is 0.0667. The van der Waals surface area contributed by atoms with E-state index in [-0.39, 0.29) is 12.0 Å². The lowest BCUT2D eigenvalue weighted by Gasteiger charge is -2.02. The highest BCUT2D eigenvalue weighted by molar-refractivity contribution is 5.58. The van der Waals surface area contributed by atoms with Crippen LogP contribution >= 0.6 is 0 Å². The maximum absolute atomic E-state index is 13.6. The number of hydrogen-bond donors (Lipinski definition) is 1. The van der Waals surface area contributed by atoms with Crippen molar-refractivity contribution in [2.24, 2.45) is 0 Å². The molecule has 0 saturated carbocycles. The van der Waals surface area contributed by atoms with Gasteiger partial charge in [-0.15, -0.1) is 0 Å². The van der Waals surface area contributed by atoms with E-state index in [0.717, 1.165) is 11.3 Å². The highest BCUT2D eigenvalue weighted by Gasteiger charge is 2.11. The van der Waals surface area contributed by atoms with Crippen LogP contribution in [-0.2, 0) is 6.42 Å². The van der Waals surface area contributed by atoms with Crippen molar-refractivity contribution in [1.82, 2.24) is 15.2 Å². The monoisotopic (exact) mass is 271 g/mol. The van der Waals surface area contributed by atoms with E-state index in [1.807, 2.05) is 12.1 Å². The van der Waals surface area contributed by atoms with Crippen LogP contribution < -0.4 is 0 Å². The van der Waals surface area contributed by atoms with Gasteiger partial charge >= 0.3 is 0 Å². The lowest BCUT2D eigenvalue weighted by molar-refractivity contribution is 0.560. The Labute approximate surface area is 114 Å². The molecule has 3 nitrogen and oxygen atoms in total. The highest BCUT2D eigenvalue weighted by atomic mass is 19.1. The average Bonchev–Trinajstić information content (AvgIpc) is 2.93. The predicted molar refractivity (Wildman–Crippen MR) is 71.0 cm³/mol. The van der Waals surface area contributed by atoms with Crippen LogP contribution in [-0.4, -0.2) is 15.2 Å². The lowest BCUT2D eigenvalue weighted by atomic mass is 10.1. The number of nitrogens with one attached hydrogen (secondary N) is 1. The topological polar surface area (TPSA) is 41.6 Å². The van der Waals surface area contributed by atoms with Crippen LogP contribution in [0.5, 0.6) is 0 Å². The number of aromatic nitrogens is 3. The molecule has 0 fully saturated rings. The van der Waals surface area contributed by atoms with Gasteiger partial charge in [-0.05, 0) is 30.3 Å². The minimum atomic E-state index is -0.551. The number of rotatable bonds is 3. The van der Waals surface area contributed by atoms with Crippen LogP contribution in [0.25, 0.3) is 11.3 Å². The van der Waals surface area contributed by atoms with Gasteiger partial charge in [0.15, 0.2) is 0 Å². The molecule has 3 rings (SSSR count). The second kappa shape index (κ2) is 5.21. The molecule has 100 valence electrons. The summed E-state index contributed by atoms with van der Waals surface area (Å²) in [5.74, 6) is -1.10. The largest absolute Gasteiger partial charge is 0.282 e. The quantitative estimate of drug-likeness (QED) is 0.793. The minimum absolute atomic E-state index is 0.0393. The molecule has 0 aliphatic heterocycles. The summed E-state index contributed by atoms with van der Waals surface area (Å²) < 4.78 is 27.2. The Kier molecular flexibility index (Phi) is 3.25. The van der Waals surface area contributed by atoms with Gasteiger partial charge in [0.05, 0.1) is 5.69 Å². The number of nitrogens with zero attached hydrogens (tertiary/aromatic N) is 2. The zero-order chi connectivity index (χ0) is 13.9. The maximum Gasteiger partial charge on any atom is 0.129 e. The number of benzene rings is 1. The van der Waals surface area contributed by atoms with E-state index in [9.17, 15) is 8.78 Å². The SMILES string of the molecule is Fc1cccc(F)c1Cc1cc(-c2ccncc2)n[nH]1. The van der Waals surface area contributed by atoms with Crippen molar-refractivity contribution in [2.45, 2.75) is 6.42 Å². The van der Waals surface area contributed by atoms with Crippen molar-refractivity contribution in [2.75, 3.05) is 0 Å². The Morgan fingerprint density at radius 2 is 1.70 bits per heavy atom.